The minimum absolute atomic E-state index is 0.795. The average molecular weight is 309 g/mol. The van der Waals surface area contributed by atoms with Gasteiger partial charge in [0.05, 0.1) is 6.61 Å². The summed E-state index contributed by atoms with van der Waals surface area (Å²) in [5.41, 5.74) is 4.21. The van der Waals surface area contributed by atoms with Crippen LogP contribution in [0.3, 0.4) is 0 Å². The first-order valence-corrected chi connectivity index (χ1v) is 8.99. The normalized spacial score (nSPS) is 16.8. The molecule has 1 aliphatic carbocycles. The highest BCUT2D eigenvalue weighted by Gasteiger charge is 2.17. The molecular formula is C21H27NO. The van der Waals surface area contributed by atoms with Crippen LogP contribution in [0, 0.1) is 5.92 Å². The van der Waals surface area contributed by atoms with Gasteiger partial charge in [-0.2, -0.15) is 0 Å². The molecular weight excluding hydrogens is 282 g/mol. The Hall–Kier alpha value is -1.83. The summed E-state index contributed by atoms with van der Waals surface area (Å²) in [6.45, 7) is 3.10. The quantitative estimate of drug-likeness (QED) is 0.672. The Bertz CT molecular complexity index is 608. The lowest BCUT2D eigenvalue weighted by Crippen LogP contribution is -2.13. The molecule has 122 valence electrons. The molecule has 2 heteroatoms. The number of rotatable bonds is 7. The monoisotopic (exact) mass is 309 g/mol. The molecule has 2 nitrogen and oxygen atoms in total. The molecule has 2 aromatic rings. The van der Waals surface area contributed by atoms with E-state index < -0.39 is 0 Å². The van der Waals surface area contributed by atoms with Crippen LogP contribution in [0.25, 0.3) is 0 Å². The molecule has 0 saturated carbocycles. The van der Waals surface area contributed by atoms with Crippen LogP contribution in [0.5, 0.6) is 5.75 Å². The van der Waals surface area contributed by atoms with E-state index in [9.17, 15) is 0 Å². The number of aromatic nitrogens is 1. The topological polar surface area (TPSA) is 22.1 Å². The van der Waals surface area contributed by atoms with Crippen molar-refractivity contribution in [2.75, 3.05) is 6.61 Å². The second-order valence-electron chi connectivity index (χ2n) is 6.57. The first-order chi connectivity index (χ1) is 11.3. The number of benzene rings is 1. The maximum atomic E-state index is 5.94. The standard InChI is InChI=1S/C21H27NO/c1-2-17-9-10-19-16-21(12-11-18(19)15-17)23-14-6-4-8-20-7-3-5-13-22-20/h3,5,7,11-13,16-17H,2,4,6,8-10,14-15H2,1H3. The van der Waals surface area contributed by atoms with E-state index in [-0.39, 0.29) is 0 Å². The fourth-order valence-corrected chi connectivity index (χ4v) is 3.39. The van der Waals surface area contributed by atoms with Gasteiger partial charge in [0.25, 0.3) is 0 Å². The minimum atomic E-state index is 0.795. The van der Waals surface area contributed by atoms with Crippen molar-refractivity contribution in [1.82, 2.24) is 4.98 Å². The number of unbranched alkanes of at least 4 members (excludes halogenated alkanes) is 1. The van der Waals surface area contributed by atoms with Crippen molar-refractivity contribution in [3.63, 3.8) is 0 Å². The lowest BCUT2D eigenvalue weighted by molar-refractivity contribution is 0.306. The van der Waals surface area contributed by atoms with Crippen molar-refractivity contribution in [2.24, 2.45) is 5.92 Å². The molecule has 0 spiro atoms. The molecule has 1 aromatic heterocycles. The Kier molecular flexibility index (Phi) is 5.68. The maximum Gasteiger partial charge on any atom is 0.119 e. The van der Waals surface area contributed by atoms with Crippen molar-refractivity contribution in [1.29, 1.82) is 0 Å². The Balaban J connectivity index is 1.42. The molecule has 0 N–H and O–H groups in total. The van der Waals surface area contributed by atoms with Gasteiger partial charge in [-0.3, -0.25) is 4.98 Å². The number of fused-ring (bicyclic) bond motifs is 1. The molecule has 1 atom stereocenters. The Morgan fingerprint density at radius 1 is 1.13 bits per heavy atom. The van der Waals surface area contributed by atoms with E-state index in [1.165, 1.54) is 42.5 Å². The molecule has 23 heavy (non-hydrogen) atoms. The van der Waals surface area contributed by atoms with E-state index in [2.05, 4.69) is 42.2 Å². The van der Waals surface area contributed by atoms with Gasteiger partial charge in [-0.05, 0) is 79.8 Å². The summed E-state index contributed by atoms with van der Waals surface area (Å²) >= 11 is 0. The highest BCUT2D eigenvalue weighted by molar-refractivity contribution is 5.37. The first kappa shape index (κ1) is 16.0. The maximum absolute atomic E-state index is 5.94. The van der Waals surface area contributed by atoms with E-state index in [0.717, 1.165) is 37.5 Å². The second-order valence-corrected chi connectivity index (χ2v) is 6.57. The highest BCUT2D eigenvalue weighted by Crippen LogP contribution is 2.30. The third kappa shape index (κ3) is 4.57. The smallest absolute Gasteiger partial charge is 0.119 e. The zero-order valence-electron chi connectivity index (χ0n) is 14.1. The van der Waals surface area contributed by atoms with E-state index >= 15 is 0 Å². The second kappa shape index (κ2) is 8.14. The molecule has 1 aliphatic rings. The predicted octanol–water partition coefficient (Wildman–Crippen LogP) is 5.00. The lowest BCUT2D eigenvalue weighted by atomic mass is 9.82. The minimum Gasteiger partial charge on any atom is -0.494 e. The number of ether oxygens (including phenoxy) is 1. The number of hydrogen-bond donors (Lipinski definition) is 0. The van der Waals surface area contributed by atoms with Gasteiger partial charge < -0.3 is 4.74 Å². The van der Waals surface area contributed by atoms with Crippen LogP contribution in [0.1, 0.15) is 49.4 Å². The molecule has 0 aliphatic heterocycles. The van der Waals surface area contributed by atoms with Crippen LogP contribution in [0.15, 0.2) is 42.6 Å². The average Bonchev–Trinajstić information content (AvgIpc) is 2.62. The van der Waals surface area contributed by atoms with Crippen LogP contribution in [0.2, 0.25) is 0 Å². The third-order valence-electron chi connectivity index (χ3n) is 4.91. The van der Waals surface area contributed by atoms with E-state index in [0.29, 0.717) is 0 Å². The number of nitrogens with zero attached hydrogens (tertiary/aromatic N) is 1. The van der Waals surface area contributed by atoms with Gasteiger partial charge in [0.2, 0.25) is 0 Å². The van der Waals surface area contributed by atoms with E-state index in [4.69, 9.17) is 4.74 Å². The van der Waals surface area contributed by atoms with Crippen molar-refractivity contribution >= 4 is 0 Å². The third-order valence-corrected chi connectivity index (χ3v) is 4.91. The first-order valence-electron chi connectivity index (χ1n) is 8.99. The van der Waals surface area contributed by atoms with Crippen LogP contribution in [0.4, 0.5) is 0 Å². The summed E-state index contributed by atoms with van der Waals surface area (Å²) in [7, 11) is 0. The lowest BCUT2D eigenvalue weighted by Gasteiger charge is -2.24. The molecule has 0 fully saturated rings. The number of hydrogen-bond acceptors (Lipinski definition) is 2. The van der Waals surface area contributed by atoms with Crippen LogP contribution in [-0.2, 0) is 19.3 Å². The molecule has 0 bridgehead atoms. The number of pyridine rings is 1. The zero-order valence-corrected chi connectivity index (χ0v) is 14.1. The fraction of sp³-hybridized carbons (Fsp3) is 0.476. The summed E-state index contributed by atoms with van der Waals surface area (Å²) in [6, 6.07) is 12.8. The summed E-state index contributed by atoms with van der Waals surface area (Å²) in [5, 5.41) is 0. The van der Waals surface area contributed by atoms with Gasteiger partial charge in [0, 0.05) is 11.9 Å². The molecule has 0 saturated heterocycles. The summed E-state index contributed by atoms with van der Waals surface area (Å²) in [5.74, 6) is 1.91. The molecule has 1 unspecified atom stereocenters. The molecule has 1 heterocycles. The number of aryl methyl sites for hydroxylation is 2. The Morgan fingerprint density at radius 3 is 2.91 bits per heavy atom. The van der Waals surface area contributed by atoms with Crippen molar-refractivity contribution in [3.05, 3.63) is 59.4 Å². The zero-order chi connectivity index (χ0) is 15.9. The van der Waals surface area contributed by atoms with Gasteiger partial charge in [-0.1, -0.05) is 25.5 Å². The van der Waals surface area contributed by atoms with Gasteiger partial charge in [-0.25, -0.2) is 0 Å². The van der Waals surface area contributed by atoms with Gasteiger partial charge >= 0.3 is 0 Å². The Morgan fingerprint density at radius 2 is 2.09 bits per heavy atom. The van der Waals surface area contributed by atoms with Gasteiger partial charge in [0.1, 0.15) is 5.75 Å². The van der Waals surface area contributed by atoms with E-state index in [1.54, 1.807) is 0 Å². The molecule has 0 radical (unpaired) electrons. The van der Waals surface area contributed by atoms with Crippen molar-refractivity contribution in [3.8, 4) is 5.75 Å². The summed E-state index contributed by atoms with van der Waals surface area (Å²) in [4.78, 5) is 4.36. The molecule has 1 aromatic carbocycles. The van der Waals surface area contributed by atoms with Crippen LogP contribution < -0.4 is 4.74 Å². The Labute approximate surface area is 139 Å². The van der Waals surface area contributed by atoms with E-state index in [1.807, 2.05) is 12.3 Å². The van der Waals surface area contributed by atoms with Crippen molar-refractivity contribution in [2.45, 2.75) is 51.9 Å². The highest BCUT2D eigenvalue weighted by atomic mass is 16.5. The predicted molar refractivity (Wildman–Crippen MR) is 94.9 cm³/mol. The molecule has 3 rings (SSSR count). The summed E-state index contributed by atoms with van der Waals surface area (Å²) < 4.78 is 5.94. The van der Waals surface area contributed by atoms with Crippen LogP contribution >= 0.6 is 0 Å². The van der Waals surface area contributed by atoms with Gasteiger partial charge in [0.15, 0.2) is 0 Å². The SMILES string of the molecule is CCC1CCc2cc(OCCCCc3ccccn3)ccc2C1. The molecule has 0 amide bonds. The summed E-state index contributed by atoms with van der Waals surface area (Å²) in [6.07, 6.45) is 10.2. The van der Waals surface area contributed by atoms with Crippen LogP contribution in [-0.4, -0.2) is 11.6 Å². The van der Waals surface area contributed by atoms with Crippen molar-refractivity contribution < 1.29 is 4.74 Å². The van der Waals surface area contributed by atoms with Gasteiger partial charge in [-0.15, -0.1) is 0 Å². The largest absolute Gasteiger partial charge is 0.494 e. The fourth-order valence-electron chi connectivity index (χ4n) is 3.39.